The third-order valence-corrected chi connectivity index (χ3v) is 6.13. The van der Waals surface area contributed by atoms with Crippen LogP contribution in [0.3, 0.4) is 0 Å². The molecule has 0 aliphatic carbocycles. The van der Waals surface area contributed by atoms with Gasteiger partial charge in [-0.2, -0.15) is 13.2 Å². The van der Waals surface area contributed by atoms with E-state index in [1.54, 1.807) is 25.1 Å². The molecule has 0 spiro atoms. The Hall–Kier alpha value is -3.29. The van der Waals surface area contributed by atoms with Crippen LogP contribution in [0.25, 0.3) is 22.1 Å². The smallest absolute Gasteiger partial charge is 0.418 e. The molecule has 180 valence electrons. The second kappa shape index (κ2) is 9.40. The normalized spacial score (nSPS) is 11.6. The van der Waals surface area contributed by atoms with E-state index < -0.39 is 35.4 Å². The number of carbonyl (C=O) groups is 1. The van der Waals surface area contributed by atoms with Crippen molar-refractivity contribution < 1.29 is 22.4 Å². The molecule has 0 radical (unpaired) electrons. The maximum Gasteiger partial charge on any atom is 0.418 e. The molecule has 1 N–H and O–H groups in total. The molecule has 0 fully saturated rings. The first-order valence-electron chi connectivity index (χ1n) is 10.4. The minimum Gasteiger partial charge on any atom is -0.422 e. The van der Waals surface area contributed by atoms with Crippen molar-refractivity contribution in [2.45, 2.75) is 26.4 Å². The van der Waals surface area contributed by atoms with Crippen molar-refractivity contribution in [1.29, 1.82) is 0 Å². The van der Waals surface area contributed by atoms with E-state index in [4.69, 9.17) is 27.6 Å². The van der Waals surface area contributed by atoms with Crippen LogP contribution >= 0.6 is 23.2 Å². The van der Waals surface area contributed by atoms with Gasteiger partial charge >= 0.3 is 11.8 Å². The number of benzene rings is 3. The maximum atomic E-state index is 13.5. The van der Waals surface area contributed by atoms with Gasteiger partial charge in [0.05, 0.1) is 23.2 Å². The maximum absolute atomic E-state index is 13.5. The molecule has 4 aromatic rings. The Morgan fingerprint density at radius 3 is 2.46 bits per heavy atom. The lowest BCUT2D eigenvalue weighted by Gasteiger charge is -2.16. The first-order chi connectivity index (χ1) is 16.4. The second-order valence-electron chi connectivity index (χ2n) is 8.12. The van der Waals surface area contributed by atoms with Crippen LogP contribution < -0.4 is 10.9 Å². The molecule has 3 aromatic carbocycles. The highest BCUT2D eigenvalue weighted by Gasteiger charge is 2.34. The first-order valence-corrected chi connectivity index (χ1v) is 11.2. The quantitative estimate of drug-likeness (QED) is 0.282. The Morgan fingerprint density at radius 2 is 1.77 bits per heavy atom. The molecular weight excluding hydrogens is 502 g/mol. The lowest BCUT2D eigenvalue weighted by atomic mass is 9.93. The van der Waals surface area contributed by atoms with Crippen LogP contribution in [0.4, 0.5) is 18.9 Å². The first kappa shape index (κ1) is 24.8. The number of halogens is 5. The SMILES string of the molecule is Cc1cccc(-c2c(CC(=O)Nc3ccc(Cl)cc3C(F)(F)F)c(=O)oc3cc(Cl)c(C)cc23)c1. The Kier molecular flexibility index (Phi) is 6.66. The molecule has 4 rings (SSSR count). The standard InChI is InChI=1S/C26H18Cl2F3NO3/c1-13-4-3-5-15(8-13)24-17-9-14(2)20(28)12-22(17)35-25(34)18(24)11-23(33)32-21-7-6-16(27)10-19(21)26(29,30)31/h3-10,12H,11H2,1-2H3,(H,32,33). The van der Waals surface area contributed by atoms with Gasteiger partial charge in [-0.25, -0.2) is 4.79 Å². The summed E-state index contributed by atoms with van der Waals surface area (Å²) >= 11 is 11.9. The number of fused-ring (bicyclic) bond motifs is 1. The van der Waals surface area contributed by atoms with Gasteiger partial charge in [-0.15, -0.1) is 0 Å². The average Bonchev–Trinajstić information content (AvgIpc) is 2.76. The predicted molar refractivity (Wildman–Crippen MR) is 131 cm³/mol. The summed E-state index contributed by atoms with van der Waals surface area (Å²) in [4.78, 5) is 25.9. The fraction of sp³-hybridized carbons (Fsp3) is 0.154. The Balaban J connectivity index is 1.84. The van der Waals surface area contributed by atoms with E-state index in [0.717, 1.165) is 23.3 Å². The number of nitrogens with one attached hydrogen (secondary N) is 1. The molecule has 0 atom stereocenters. The van der Waals surface area contributed by atoms with Crippen molar-refractivity contribution in [1.82, 2.24) is 0 Å². The number of amides is 1. The van der Waals surface area contributed by atoms with Crippen molar-refractivity contribution in [2.75, 3.05) is 5.32 Å². The Morgan fingerprint density at radius 1 is 1.03 bits per heavy atom. The van der Waals surface area contributed by atoms with E-state index in [0.29, 0.717) is 21.5 Å². The zero-order valence-corrected chi connectivity index (χ0v) is 20.0. The monoisotopic (exact) mass is 519 g/mol. The molecule has 0 saturated carbocycles. The molecule has 0 aliphatic rings. The van der Waals surface area contributed by atoms with E-state index in [-0.39, 0.29) is 16.2 Å². The van der Waals surface area contributed by atoms with Crippen LogP contribution in [0.2, 0.25) is 10.0 Å². The number of hydrogen-bond acceptors (Lipinski definition) is 3. The van der Waals surface area contributed by atoms with Crippen LogP contribution in [-0.4, -0.2) is 5.91 Å². The van der Waals surface area contributed by atoms with E-state index >= 15 is 0 Å². The summed E-state index contributed by atoms with van der Waals surface area (Å²) in [5.74, 6) is -0.816. The molecule has 1 aromatic heterocycles. The van der Waals surface area contributed by atoms with E-state index in [1.807, 2.05) is 19.1 Å². The summed E-state index contributed by atoms with van der Waals surface area (Å²) in [6.45, 7) is 3.67. The molecule has 9 heteroatoms. The molecule has 1 amide bonds. The number of anilines is 1. The van der Waals surface area contributed by atoms with Gasteiger partial charge in [0.15, 0.2) is 0 Å². The molecule has 0 bridgehead atoms. The van der Waals surface area contributed by atoms with Gasteiger partial charge in [0.25, 0.3) is 0 Å². The zero-order valence-electron chi connectivity index (χ0n) is 18.5. The molecular formula is C26H18Cl2F3NO3. The summed E-state index contributed by atoms with van der Waals surface area (Å²) in [6.07, 6.45) is -5.25. The number of rotatable bonds is 4. The summed E-state index contributed by atoms with van der Waals surface area (Å²) in [7, 11) is 0. The van der Waals surface area contributed by atoms with Gasteiger partial charge < -0.3 is 9.73 Å². The number of hydrogen-bond donors (Lipinski definition) is 1. The van der Waals surface area contributed by atoms with E-state index in [1.165, 1.54) is 12.1 Å². The van der Waals surface area contributed by atoms with Gasteiger partial charge in [0.1, 0.15) is 5.58 Å². The number of aryl methyl sites for hydroxylation is 2. The largest absolute Gasteiger partial charge is 0.422 e. The zero-order chi connectivity index (χ0) is 25.5. The Bertz CT molecular complexity index is 1530. The van der Waals surface area contributed by atoms with Crippen LogP contribution in [0.1, 0.15) is 22.3 Å². The van der Waals surface area contributed by atoms with Crippen molar-refractivity contribution in [3.8, 4) is 11.1 Å². The molecule has 0 aliphatic heterocycles. The highest BCUT2D eigenvalue weighted by Crippen LogP contribution is 2.37. The summed E-state index contributed by atoms with van der Waals surface area (Å²) in [6, 6.07) is 13.6. The lowest BCUT2D eigenvalue weighted by Crippen LogP contribution is -2.22. The van der Waals surface area contributed by atoms with Crippen molar-refractivity contribution in [2.24, 2.45) is 0 Å². The topological polar surface area (TPSA) is 59.3 Å². The van der Waals surface area contributed by atoms with Gasteiger partial charge in [-0.1, -0.05) is 53.0 Å². The second-order valence-corrected chi connectivity index (χ2v) is 8.97. The fourth-order valence-electron chi connectivity index (χ4n) is 3.87. The molecule has 1 heterocycles. The third-order valence-electron chi connectivity index (χ3n) is 5.49. The van der Waals surface area contributed by atoms with Gasteiger partial charge in [0, 0.05) is 27.1 Å². The highest BCUT2D eigenvalue weighted by atomic mass is 35.5. The minimum atomic E-state index is -4.74. The van der Waals surface area contributed by atoms with E-state index in [2.05, 4.69) is 5.32 Å². The van der Waals surface area contributed by atoms with E-state index in [9.17, 15) is 22.8 Å². The van der Waals surface area contributed by atoms with Crippen molar-refractivity contribution in [3.63, 3.8) is 0 Å². The molecule has 0 saturated heterocycles. The van der Waals surface area contributed by atoms with Gasteiger partial charge in [-0.05, 0) is 49.2 Å². The molecule has 35 heavy (non-hydrogen) atoms. The number of carbonyl (C=O) groups excluding carboxylic acids is 1. The Labute approximate surface area is 208 Å². The summed E-state index contributed by atoms with van der Waals surface area (Å²) < 4.78 is 45.8. The molecule has 4 nitrogen and oxygen atoms in total. The van der Waals surface area contributed by atoms with Crippen LogP contribution in [0.15, 0.2) is 63.8 Å². The lowest BCUT2D eigenvalue weighted by molar-refractivity contribution is -0.137. The van der Waals surface area contributed by atoms with Crippen molar-refractivity contribution in [3.05, 3.63) is 97.3 Å². The van der Waals surface area contributed by atoms with Gasteiger partial charge in [0.2, 0.25) is 5.91 Å². The minimum absolute atomic E-state index is 0.0184. The van der Waals surface area contributed by atoms with Gasteiger partial charge in [-0.3, -0.25) is 4.79 Å². The van der Waals surface area contributed by atoms with Crippen LogP contribution in [0.5, 0.6) is 0 Å². The third kappa shape index (κ3) is 5.21. The molecule has 0 unspecified atom stereocenters. The average molecular weight is 520 g/mol. The predicted octanol–water partition coefficient (Wildman–Crippen LogP) is 7.58. The number of alkyl halides is 3. The fourth-order valence-corrected chi connectivity index (χ4v) is 4.20. The van der Waals surface area contributed by atoms with Crippen molar-refractivity contribution >= 4 is 45.8 Å². The summed E-state index contributed by atoms with van der Waals surface area (Å²) in [5.41, 5.74) is 0.695. The van der Waals surface area contributed by atoms with Crippen LogP contribution in [-0.2, 0) is 17.4 Å². The highest BCUT2D eigenvalue weighted by molar-refractivity contribution is 6.32. The van der Waals surface area contributed by atoms with Crippen LogP contribution in [0, 0.1) is 13.8 Å². The summed E-state index contributed by atoms with van der Waals surface area (Å²) in [5, 5.41) is 3.10.